The fourth-order valence-electron chi connectivity index (χ4n) is 1.17. The third-order valence-corrected chi connectivity index (χ3v) is 3.82. The highest BCUT2D eigenvalue weighted by molar-refractivity contribution is 7.98. The lowest BCUT2D eigenvalue weighted by atomic mass is 10.3. The molecule has 1 aromatic heterocycles. The van der Waals surface area contributed by atoms with Gasteiger partial charge in [0.05, 0.1) is 0 Å². The van der Waals surface area contributed by atoms with Crippen LogP contribution in [0.4, 0.5) is 0 Å². The van der Waals surface area contributed by atoms with Crippen molar-refractivity contribution in [1.29, 1.82) is 0 Å². The van der Waals surface area contributed by atoms with Crippen LogP contribution >= 0.6 is 23.1 Å². The molecule has 1 unspecified atom stereocenters. The van der Waals surface area contributed by atoms with E-state index in [1.807, 2.05) is 6.07 Å². The van der Waals surface area contributed by atoms with E-state index in [0.717, 1.165) is 17.2 Å². The maximum atomic E-state index is 10.6. The second-order valence-corrected chi connectivity index (χ2v) is 5.39. The van der Waals surface area contributed by atoms with Crippen molar-refractivity contribution in [2.75, 3.05) is 12.0 Å². The lowest BCUT2D eigenvalue weighted by molar-refractivity contribution is 0.0702. The number of rotatable bonds is 6. The monoisotopic (exact) mass is 245 g/mol. The van der Waals surface area contributed by atoms with Crippen molar-refractivity contribution < 1.29 is 9.90 Å². The summed E-state index contributed by atoms with van der Waals surface area (Å²) in [6.45, 7) is 2.88. The van der Waals surface area contributed by atoms with E-state index in [-0.39, 0.29) is 0 Å². The highest BCUT2D eigenvalue weighted by Crippen LogP contribution is 2.16. The van der Waals surface area contributed by atoms with Gasteiger partial charge in [0.25, 0.3) is 0 Å². The smallest absolute Gasteiger partial charge is 0.345 e. The molecule has 3 nitrogen and oxygen atoms in total. The van der Waals surface area contributed by atoms with Gasteiger partial charge in [0.15, 0.2) is 0 Å². The molecular formula is C10H15NO2S2. The normalized spacial score (nSPS) is 12.7. The van der Waals surface area contributed by atoms with Crippen molar-refractivity contribution in [2.24, 2.45) is 0 Å². The van der Waals surface area contributed by atoms with Crippen molar-refractivity contribution in [3.05, 3.63) is 21.9 Å². The quantitative estimate of drug-likeness (QED) is 0.807. The zero-order valence-electron chi connectivity index (χ0n) is 8.82. The van der Waals surface area contributed by atoms with E-state index in [2.05, 4.69) is 18.5 Å². The fraction of sp³-hybridized carbons (Fsp3) is 0.500. The summed E-state index contributed by atoms with van der Waals surface area (Å²) in [4.78, 5) is 12.1. The molecule has 84 valence electrons. The predicted octanol–water partition coefficient (Wildman–Crippen LogP) is 2.29. The molecule has 1 aromatic rings. The largest absolute Gasteiger partial charge is 0.477 e. The number of carboxylic acid groups (broad SMARTS) is 1. The molecule has 0 bridgehead atoms. The maximum absolute atomic E-state index is 10.6. The second kappa shape index (κ2) is 6.15. The van der Waals surface area contributed by atoms with Gasteiger partial charge < -0.3 is 10.4 Å². The molecule has 2 N–H and O–H groups in total. The number of thioether (sulfide) groups is 1. The molecule has 0 aliphatic heterocycles. The lowest BCUT2D eigenvalue weighted by Crippen LogP contribution is -2.27. The van der Waals surface area contributed by atoms with Crippen molar-refractivity contribution in [3.8, 4) is 0 Å². The average Bonchev–Trinajstić information content (AvgIpc) is 2.63. The zero-order valence-corrected chi connectivity index (χ0v) is 10.5. The molecule has 0 amide bonds. The summed E-state index contributed by atoms with van der Waals surface area (Å²) in [7, 11) is 0. The third kappa shape index (κ3) is 4.24. The Morgan fingerprint density at radius 1 is 1.67 bits per heavy atom. The van der Waals surface area contributed by atoms with Gasteiger partial charge in [-0.1, -0.05) is 0 Å². The van der Waals surface area contributed by atoms with Crippen LogP contribution in [0.5, 0.6) is 0 Å². The number of carboxylic acids is 1. The molecule has 0 spiro atoms. The summed E-state index contributed by atoms with van der Waals surface area (Å²) in [5.74, 6) is 0.223. The Hall–Kier alpha value is -0.520. The molecule has 1 heterocycles. The van der Waals surface area contributed by atoms with Crippen LogP contribution in [0.1, 0.15) is 21.5 Å². The molecule has 15 heavy (non-hydrogen) atoms. The van der Waals surface area contributed by atoms with Crippen molar-refractivity contribution >= 4 is 29.1 Å². The zero-order chi connectivity index (χ0) is 11.3. The molecule has 1 atom stereocenters. The molecule has 0 aliphatic rings. The number of aromatic carboxylic acids is 1. The Balaban J connectivity index is 2.40. The number of nitrogens with one attached hydrogen (secondary N) is 1. The van der Waals surface area contributed by atoms with Crippen LogP contribution in [0.2, 0.25) is 0 Å². The summed E-state index contributed by atoms with van der Waals surface area (Å²) in [5.41, 5.74) is 0. The van der Waals surface area contributed by atoms with Crippen LogP contribution in [0.25, 0.3) is 0 Å². The molecule has 1 rings (SSSR count). The highest BCUT2D eigenvalue weighted by Gasteiger charge is 2.07. The van der Waals surface area contributed by atoms with E-state index in [1.54, 1.807) is 17.8 Å². The Labute approximate surface area is 97.9 Å². The van der Waals surface area contributed by atoms with Gasteiger partial charge in [0.1, 0.15) is 4.88 Å². The third-order valence-electron chi connectivity index (χ3n) is 1.91. The lowest BCUT2D eigenvalue weighted by Gasteiger charge is -2.10. The summed E-state index contributed by atoms with van der Waals surface area (Å²) in [5, 5.41) is 12.1. The molecular weight excluding hydrogens is 230 g/mol. The van der Waals surface area contributed by atoms with E-state index in [1.165, 1.54) is 11.3 Å². The highest BCUT2D eigenvalue weighted by atomic mass is 32.2. The standard InChI is InChI=1S/C10H15NO2S2/c1-7(6-14-2)11-5-8-3-4-9(15-8)10(12)13/h3-4,7,11H,5-6H2,1-2H3,(H,12,13). The number of carbonyl (C=O) groups is 1. The molecule has 0 radical (unpaired) electrons. The topological polar surface area (TPSA) is 49.3 Å². The first-order chi connectivity index (χ1) is 7.13. The van der Waals surface area contributed by atoms with Gasteiger partial charge in [0.2, 0.25) is 0 Å². The van der Waals surface area contributed by atoms with E-state index < -0.39 is 5.97 Å². The van der Waals surface area contributed by atoms with E-state index in [4.69, 9.17) is 5.11 Å². The first-order valence-corrected chi connectivity index (χ1v) is 6.89. The first-order valence-electron chi connectivity index (χ1n) is 4.67. The van der Waals surface area contributed by atoms with Crippen LogP contribution in [0.15, 0.2) is 12.1 Å². The first kappa shape index (κ1) is 12.5. The molecule has 0 aromatic carbocycles. The average molecular weight is 245 g/mol. The SMILES string of the molecule is CSCC(C)NCc1ccc(C(=O)O)s1. The minimum atomic E-state index is -0.844. The van der Waals surface area contributed by atoms with Gasteiger partial charge >= 0.3 is 5.97 Å². The van der Waals surface area contributed by atoms with Gasteiger partial charge in [0, 0.05) is 23.2 Å². The van der Waals surface area contributed by atoms with E-state index >= 15 is 0 Å². The summed E-state index contributed by atoms with van der Waals surface area (Å²) >= 11 is 3.13. The fourth-order valence-corrected chi connectivity index (χ4v) is 2.59. The van der Waals surface area contributed by atoms with Gasteiger partial charge in [-0.05, 0) is 25.3 Å². The summed E-state index contributed by atoms with van der Waals surface area (Å²) in [6.07, 6.45) is 2.08. The molecule has 0 fully saturated rings. The molecule has 0 saturated carbocycles. The van der Waals surface area contributed by atoms with Crippen molar-refractivity contribution in [2.45, 2.75) is 19.5 Å². The summed E-state index contributed by atoms with van der Waals surface area (Å²) < 4.78 is 0. The number of hydrogen-bond acceptors (Lipinski definition) is 4. The summed E-state index contributed by atoms with van der Waals surface area (Å²) in [6, 6.07) is 3.98. The van der Waals surface area contributed by atoms with Crippen molar-refractivity contribution in [3.63, 3.8) is 0 Å². The number of thiophene rings is 1. The minimum absolute atomic E-state index is 0.407. The molecule has 5 heteroatoms. The van der Waals surface area contributed by atoms with Crippen LogP contribution in [0.3, 0.4) is 0 Å². The van der Waals surface area contributed by atoms with E-state index in [0.29, 0.717) is 10.9 Å². The van der Waals surface area contributed by atoms with Crippen LogP contribution in [-0.2, 0) is 6.54 Å². The van der Waals surface area contributed by atoms with Gasteiger partial charge in [-0.25, -0.2) is 4.79 Å². The maximum Gasteiger partial charge on any atom is 0.345 e. The number of hydrogen-bond donors (Lipinski definition) is 2. The van der Waals surface area contributed by atoms with Crippen LogP contribution in [-0.4, -0.2) is 29.1 Å². The molecule has 0 aliphatic carbocycles. The second-order valence-electron chi connectivity index (χ2n) is 3.31. The van der Waals surface area contributed by atoms with E-state index in [9.17, 15) is 4.79 Å². The Morgan fingerprint density at radius 3 is 2.93 bits per heavy atom. The predicted molar refractivity (Wildman–Crippen MR) is 66.0 cm³/mol. The Morgan fingerprint density at radius 2 is 2.40 bits per heavy atom. The van der Waals surface area contributed by atoms with Gasteiger partial charge in [-0.3, -0.25) is 0 Å². The van der Waals surface area contributed by atoms with Crippen LogP contribution in [0, 0.1) is 0 Å². The minimum Gasteiger partial charge on any atom is -0.477 e. The molecule has 0 saturated heterocycles. The van der Waals surface area contributed by atoms with Crippen LogP contribution < -0.4 is 5.32 Å². The van der Waals surface area contributed by atoms with Gasteiger partial charge in [-0.15, -0.1) is 11.3 Å². The van der Waals surface area contributed by atoms with Crippen molar-refractivity contribution in [1.82, 2.24) is 5.32 Å². The Bertz CT molecular complexity index is 325. The van der Waals surface area contributed by atoms with Gasteiger partial charge in [-0.2, -0.15) is 11.8 Å². The Kier molecular flexibility index (Phi) is 5.14.